The van der Waals surface area contributed by atoms with Crippen LogP contribution in [0, 0.1) is 0 Å². The molecule has 0 N–H and O–H groups in total. The van der Waals surface area contributed by atoms with Gasteiger partial charge in [-0.2, -0.15) is 0 Å². The van der Waals surface area contributed by atoms with Gasteiger partial charge in [-0.05, 0) is 42.8 Å². The summed E-state index contributed by atoms with van der Waals surface area (Å²) in [7, 11) is 2.91. The molecule has 4 aromatic rings. The van der Waals surface area contributed by atoms with Gasteiger partial charge in [0.05, 0.1) is 5.90 Å². The first-order valence-corrected chi connectivity index (χ1v) is 19.4. The Morgan fingerprint density at radius 3 is 1.27 bits per heavy atom. The van der Waals surface area contributed by atoms with E-state index in [1.807, 2.05) is 0 Å². The average molecular weight is 477 g/mol. The molecule has 0 unspecified atom stereocenters. The van der Waals surface area contributed by atoms with E-state index >= 15 is 0 Å². The van der Waals surface area contributed by atoms with E-state index in [0.29, 0.717) is 0 Å². The first-order valence-electron chi connectivity index (χ1n) is 9.97. The molecule has 0 aliphatic carbocycles. The molecule has 4 aromatic carbocycles. The third-order valence-electron chi connectivity index (χ3n) is 5.32. The van der Waals surface area contributed by atoms with Gasteiger partial charge < -0.3 is 0 Å². The molecule has 30 heavy (non-hydrogen) atoms. The Kier molecular flexibility index (Phi) is 6.54. The van der Waals surface area contributed by atoms with Crippen molar-refractivity contribution >= 4 is 58.2 Å². The van der Waals surface area contributed by atoms with E-state index < -0.39 is 14.9 Å². The molecule has 0 nitrogen and oxygen atoms in total. The van der Waals surface area contributed by atoms with Crippen molar-refractivity contribution < 1.29 is 0 Å². The fourth-order valence-electron chi connectivity index (χ4n) is 3.81. The summed E-state index contributed by atoms with van der Waals surface area (Å²) in [6.45, 7) is -1.47. The Hall–Kier alpha value is -1.23. The molecule has 1 aliphatic rings. The molecular weight excluding hydrogens is 455 g/mol. The molecule has 0 amide bonds. The molecule has 146 valence electrons. The average Bonchev–Trinajstić information content (AvgIpc) is 3.68. The van der Waals surface area contributed by atoms with Gasteiger partial charge in [-0.25, -0.2) is 0 Å². The van der Waals surface area contributed by atoms with Crippen molar-refractivity contribution in [1.29, 1.82) is 0 Å². The quantitative estimate of drug-likeness (QED) is 0.238. The normalized spacial score (nSPS) is 16.4. The summed E-state index contributed by atoms with van der Waals surface area (Å²) in [5.74, 6) is 1.27. The van der Waals surface area contributed by atoms with E-state index in [-0.39, 0.29) is 6.99 Å². The second kappa shape index (κ2) is 9.50. The highest BCUT2D eigenvalue weighted by Crippen LogP contribution is 3.06. The Labute approximate surface area is 185 Å². The number of benzene rings is 4. The third kappa shape index (κ3) is 4.24. The smallest absolute Gasteiger partial charge is 0.0622 e. The first kappa shape index (κ1) is 20.7. The highest BCUT2D eigenvalue weighted by atomic mass is 33.0. The molecule has 5 rings (SSSR count). The Bertz CT molecular complexity index is 1030. The molecule has 0 spiro atoms. The zero-order valence-electron chi connectivity index (χ0n) is 16.5. The second-order valence-electron chi connectivity index (χ2n) is 7.13. The molecule has 0 fully saturated rings. The van der Waals surface area contributed by atoms with Crippen molar-refractivity contribution in [3.8, 4) is 0 Å². The van der Waals surface area contributed by atoms with Crippen LogP contribution in [0.25, 0.3) is 0 Å². The van der Waals surface area contributed by atoms with Crippen LogP contribution in [0.15, 0.2) is 121 Å². The van der Waals surface area contributed by atoms with Gasteiger partial charge in [-0.3, -0.25) is 0 Å². The minimum Gasteiger partial charge on any atom is -0.0622 e. The minimum absolute atomic E-state index is 0.00779. The molecule has 0 saturated carbocycles. The van der Waals surface area contributed by atoms with Crippen molar-refractivity contribution in [3.63, 3.8) is 0 Å². The summed E-state index contributed by atoms with van der Waals surface area (Å²) in [6.07, 6.45) is 0. The lowest BCUT2D eigenvalue weighted by atomic mass is 10.4. The van der Waals surface area contributed by atoms with E-state index in [1.165, 1.54) is 16.5 Å². The van der Waals surface area contributed by atoms with Crippen molar-refractivity contribution in [2.75, 3.05) is 5.90 Å². The Morgan fingerprint density at radius 1 is 0.533 bits per heavy atom. The van der Waals surface area contributed by atoms with Gasteiger partial charge in [0.25, 0.3) is 0 Å². The van der Waals surface area contributed by atoms with Gasteiger partial charge in [-0.15, -0.1) is 0 Å². The molecule has 0 atom stereocenters. The van der Waals surface area contributed by atoms with Gasteiger partial charge >= 0.3 is 0 Å². The van der Waals surface area contributed by atoms with E-state index in [9.17, 15) is 0 Å². The van der Waals surface area contributed by atoms with Crippen LogP contribution in [0.1, 0.15) is 0 Å². The van der Waals surface area contributed by atoms with Crippen LogP contribution in [0.3, 0.4) is 0 Å². The van der Waals surface area contributed by atoms with E-state index in [1.54, 1.807) is 25.7 Å². The molecular formula is C25H22P5+. The van der Waals surface area contributed by atoms with E-state index in [4.69, 9.17) is 0 Å². The molecule has 0 bridgehead atoms. The lowest BCUT2D eigenvalue weighted by Crippen LogP contribution is -2.25. The first-order chi connectivity index (χ1) is 14.9. The van der Waals surface area contributed by atoms with Crippen LogP contribution in [0.2, 0.25) is 0 Å². The van der Waals surface area contributed by atoms with Gasteiger partial charge in [0.15, 0.2) is 6.99 Å². The summed E-state index contributed by atoms with van der Waals surface area (Å²) in [6, 6.07) is 45.4. The highest BCUT2D eigenvalue weighted by molar-refractivity contribution is 9.02. The third-order valence-corrected chi connectivity index (χ3v) is 31.4. The number of hydrogen-bond acceptors (Lipinski definition) is 0. The summed E-state index contributed by atoms with van der Waals surface area (Å²) in [4.78, 5) is 0. The molecule has 1 heterocycles. The van der Waals surface area contributed by atoms with Crippen molar-refractivity contribution in [1.82, 2.24) is 0 Å². The fraction of sp³-hybridized carbons (Fsp3) is 0.0400. The summed E-state index contributed by atoms with van der Waals surface area (Å²) < 4.78 is 0. The van der Waals surface area contributed by atoms with Crippen LogP contribution < -0.4 is 21.2 Å². The standard InChI is InChI=1S/C25H22P5/c1-5-13-22(14-6-1)28(23-15-7-2-8-16-23)21-30(29-26-27-29,24-17-9-3-10-18-24)25-19-11-4-12-20-25/h1-20H,21H2/q+1. The number of rotatable bonds is 7. The van der Waals surface area contributed by atoms with Crippen LogP contribution in [0.5, 0.6) is 0 Å². The van der Waals surface area contributed by atoms with Crippen molar-refractivity contribution in [2.45, 2.75) is 0 Å². The van der Waals surface area contributed by atoms with Gasteiger partial charge in [0.1, 0.15) is 17.6 Å². The largest absolute Gasteiger partial charge is 0.179 e. The summed E-state index contributed by atoms with van der Waals surface area (Å²) in [5.41, 5.74) is 0. The van der Waals surface area contributed by atoms with Crippen LogP contribution in [-0.4, -0.2) is 5.90 Å². The fourth-order valence-corrected chi connectivity index (χ4v) is 38.1. The zero-order chi connectivity index (χ0) is 20.2. The zero-order valence-corrected chi connectivity index (χ0v) is 21.0. The lowest BCUT2D eigenvalue weighted by Gasteiger charge is -2.30. The summed E-state index contributed by atoms with van der Waals surface area (Å²) in [5, 5.41) is 6.19. The predicted molar refractivity (Wildman–Crippen MR) is 144 cm³/mol. The van der Waals surface area contributed by atoms with Crippen molar-refractivity contribution in [2.24, 2.45) is 0 Å². The molecule has 0 radical (unpaired) electrons. The molecule has 5 heteroatoms. The predicted octanol–water partition coefficient (Wildman–Crippen LogP) is 7.79. The SMILES string of the molecule is c1ccc(P(C[P+](c2ccccc2)(c2ccccc2)P2P=P2)c2ccccc2)cc1. The van der Waals surface area contributed by atoms with E-state index in [2.05, 4.69) is 121 Å². The van der Waals surface area contributed by atoms with Gasteiger partial charge in [-0.1, -0.05) is 97.1 Å². The monoisotopic (exact) mass is 477 g/mol. The maximum Gasteiger partial charge on any atom is 0.179 e. The van der Waals surface area contributed by atoms with Gasteiger partial charge in [0, 0.05) is 15.1 Å². The maximum atomic E-state index is 2.41. The van der Waals surface area contributed by atoms with Crippen LogP contribution >= 0.6 is 37.0 Å². The van der Waals surface area contributed by atoms with Crippen LogP contribution in [-0.2, 0) is 0 Å². The highest BCUT2D eigenvalue weighted by Gasteiger charge is 2.56. The Morgan fingerprint density at radius 2 is 0.900 bits per heavy atom. The van der Waals surface area contributed by atoms with Crippen molar-refractivity contribution in [3.05, 3.63) is 121 Å². The molecule has 0 aromatic heterocycles. The molecule has 1 aliphatic heterocycles. The van der Waals surface area contributed by atoms with E-state index in [0.717, 1.165) is 0 Å². The molecule has 0 saturated heterocycles. The van der Waals surface area contributed by atoms with Gasteiger partial charge in [0.2, 0.25) is 0 Å². The Balaban J connectivity index is 1.69. The maximum absolute atomic E-state index is 2.41. The number of hydrogen-bond donors (Lipinski definition) is 0. The van der Waals surface area contributed by atoms with Crippen LogP contribution in [0.4, 0.5) is 0 Å². The topological polar surface area (TPSA) is 0 Å². The minimum atomic E-state index is -1.48. The lowest BCUT2D eigenvalue weighted by molar-refractivity contribution is 1.73. The summed E-state index contributed by atoms with van der Waals surface area (Å²) >= 11 is 0. The second-order valence-corrected chi connectivity index (χ2v) is 26.4.